The summed E-state index contributed by atoms with van der Waals surface area (Å²) >= 11 is 0. The van der Waals surface area contributed by atoms with Crippen LogP contribution >= 0.6 is 0 Å². The van der Waals surface area contributed by atoms with Gasteiger partial charge in [-0.2, -0.15) is 0 Å². The maximum absolute atomic E-state index is 12.5. The van der Waals surface area contributed by atoms with Gasteiger partial charge < -0.3 is 5.32 Å². The van der Waals surface area contributed by atoms with E-state index >= 15 is 0 Å². The van der Waals surface area contributed by atoms with Gasteiger partial charge in [0.25, 0.3) is 0 Å². The Labute approximate surface area is 121 Å². The molecular formula is C18H23NO. The molecule has 4 bridgehead atoms. The summed E-state index contributed by atoms with van der Waals surface area (Å²) in [5, 5.41) is 2.95. The number of hydrogen-bond acceptors (Lipinski definition) is 1. The Morgan fingerprint density at radius 1 is 1.10 bits per heavy atom. The first-order valence-corrected chi connectivity index (χ1v) is 7.94. The SMILES string of the molecule is CNC(=O)C12C[C@H]3C[C@@H](C1)CC(c1ccccc1)(C3)C2. The van der Waals surface area contributed by atoms with Crippen LogP contribution in [-0.2, 0) is 10.2 Å². The quantitative estimate of drug-likeness (QED) is 0.877. The first-order chi connectivity index (χ1) is 9.66. The fraction of sp³-hybridized carbons (Fsp3) is 0.611. The van der Waals surface area contributed by atoms with E-state index in [9.17, 15) is 4.79 Å². The predicted octanol–water partition coefficient (Wildman–Crippen LogP) is 3.27. The van der Waals surface area contributed by atoms with Crippen LogP contribution in [-0.4, -0.2) is 13.0 Å². The van der Waals surface area contributed by atoms with Gasteiger partial charge in [0.1, 0.15) is 0 Å². The lowest BCUT2D eigenvalue weighted by molar-refractivity contribution is -0.148. The minimum absolute atomic E-state index is 0.0747. The summed E-state index contributed by atoms with van der Waals surface area (Å²) < 4.78 is 0. The fourth-order valence-corrected chi connectivity index (χ4v) is 5.92. The van der Waals surface area contributed by atoms with E-state index < -0.39 is 0 Å². The number of carbonyl (C=O) groups excluding carboxylic acids is 1. The Bertz CT molecular complexity index is 522. The van der Waals surface area contributed by atoms with E-state index in [0.29, 0.717) is 5.91 Å². The van der Waals surface area contributed by atoms with Gasteiger partial charge in [-0.05, 0) is 61.3 Å². The molecule has 0 aliphatic heterocycles. The molecule has 2 nitrogen and oxygen atoms in total. The Morgan fingerprint density at radius 2 is 1.75 bits per heavy atom. The number of carbonyl (C=O) groups is 1. The van der Waals surface area contributed by atoms with Crippen molar-refractivity contribution in [3.8, 4) is 0 Å². The molecule has 106 valence electrons. The van der Waals surface area contributed by atoms with Gasteiger partial charge in [0.15, 0.2) is 0 Å². The molecule has 1 aromatic rings. The van der Waals surface area contributed by atoms with E-state index in [4.69, 9.17) is 0 Å². The van der Waals surface area contributed by atoms with Crippen molar-refractivity contribution in [3.63, 3.8) is 0 Å². The van der Waals surface area contributed by atoms with Crippen molar-refractivity contribution in [3.05, 3.63) is 35.9 Å². The highest BCUT2D eigenvalue weighted by Crippen LogP contribution is 2.65. The van der Waals surface area contributed by atoms with Gasteiger partial charge in [-0.15, -0.1) is 0 Å². The summed E-state index contributed by atoms with van der Waals surface area (Å²) in [5.74, 6) is 1.81. The van der Waals surface area contributed by atoms with Gasteiger partial charge in [0.05, 0.1) is 5.41 Å². The van der Waals surface area contributed by atoms with Crippen LogP contribution in [0, 0.1) is 17.3 Å². The van der Waals surface area contributed by atoms with Crippen LogP contribution in [0.3, 0.4) is 0 Å². The molecule has 5 rings (SSSR count). The first-order valence-electron chi connectivity index (χ1n) is 7.94. The van der Waals surface area contributed by atoms with Crippen molar-refractivity contribution < 1.29 is 4.79 Å². The lowest BCUT2D eigenvalue weighted by atomic mass is 9.42. The molecule has 1 N–H and O–H groups in total. The summed E-state index contributed by atoms with van der Waals surface area (Å²) in [6.07, 6.45) is 7.26. The fourth-order valence-electron chi connectivity index (χ4n) is 5.92. The molecule has 2 unspecified atom stereocenters. The van der Waals surface area contributed by atoms with E-state index in [-0.39, 0.29) is 10.8 Å². The standard InChI is InChI=1S/C18H23NO/c1-19-16(20)18-10-13-7-14(11-18)9-17(8-13,12-18)15-5-3-2-4-6-15/h2-6,13-14H,7-12H2,1H3,(H,19,20)/t13-,14+,17?,18?. The van der Waals surface area contributed by atoms with Crippen molar-refractivity contribution in [2.45, 2.75) is 43.9 Å². The molecule has 1 aromatic carbocycles. The summed E-state index contributed by atoms with van der Waals surface area (Å²) in [4.78, 5) is 12.5. The molecular weight excluding hydrogens is 246 g/mol. The number of nitrogens with one attached hydrogen (secondary N) is 1. The zero-order chi connectivity index (χ0) is 13.8. The molecule has 4 fully saturated rings. The van der Waals surface area contributed by atoms with Crippen LogP contribution in [0.15, 0.2) is 30.3 Å². The van der Waals surface area contributed by atoms with Gasteiger partial charge in [0.2, 0.25) is 5.91 Å². The van der Waals surface area contributed by atoms with E-state index in [0.717, 1.165) is 31.1 Å². The molecule has 4 aliphatic rings. The van der Waals surface area contributed by atoms with E-state index in [1.807, 2.05) is 0 Å². The van der Waals surface area contributed by atoms with Crippen molar-refractivity contribution in [2.75, 3.05) is 7.05 Å². The summed E-state index contributed by atoms with van der Waals surface area (Å²) in [5.41, 5.74) is 1.68. The van der Waals surface area contributed by atoms with Crippen LogP contribution < -0.4 is 5.32 Å². The Morgan fingerprint density at radius 3 is 2.35 bits per heavy atom. The van der Waals surface area contributed by atoms with E-state index in [1.54, 1.807) is 7.05 Å². The van der Waals surface area contributed by atoms with Crippen molar-refractivity contribution >= 4 is 5.91 Å². The Balaban J connectivity index is 1.78. The van der Waals surface area contributed by atoms with Gasteiger partial charge in [0, 0.05) is 7.05 Å². The monoisotopic (exact) mass is 269 g/mol. The Hall–Kier alpha value is -1.31. The second kappa shape index (κ2) is 4.09. The third kappa shape index (κ3) is 1.60. The second-order valence-corrected chi connectivity index (χ2v) is 7.47. The topological polar surface area (TPSA) is 29.1 Å². The maximum atomic E-state index is 12.5. The molecule has 2 heteroatoms. The molecule has 0 aromatic heterocycles. The normalized spacial score (nSPS) is 41.6. The molecule has 1 amide bonds. The van der Waals surface area contributed by atoms with Crippen molar-refractivity contribution in [2.24, 2.45) is 17.3 Å². The van der Waals surface area contributed by atoms with Gasteiger partial charge in [-0.1, -0.05) is 30.3 Å². The lowest BCUT2D eigenvalue weighted by Crippen LogP contribution is -2.58. The zero-order valence-corrected chi connectivity index (χ0v) is 12.2. The summed E-state index contributed by atoms with van der Waals surface area (Å²) in [7, 11) is 1.80. The van der Waals surface area contributed by atoms with Crippen LogP contribution in [0.1, 0.15) is 44.1 Å². The average molecular weight is 269 g/mol. The lowest BCUT2D eigenvalue weighted by Gasteiger charge is -2.61. The molecule has 0 spiro atoms. The maximum Gasteiger partial charge on any atom is 0.226 e. The summed E-state index contributed by atoms with van der Waals surface area (Å²) in [6, 6.07) is 11.0. The minimum atomic E-state index is -0.0747. The molecule has 4 saturated carbocycles. The van der Waals surface area contributed by atoms with Crippen LogP contribution in [0.4, 0.5) is 0 Å². The second-order valence-electron chi connectivity index (χ2n) is 7.47. The van der Waals surface area contributed by atoms with Crippen LogP contribution in [0.5, 0.6) is 0 Å². The zero-order valence-electron chi connectivity index (χ0n) is 12.2. The summed E-state index contributed by atoms with van der Waals surface area (Å²) in [6.45, 7) is 0. The largest absolute Gasteiger partial charge is 0.359 e. The van der Waals surface area contributed by atoms with Gasteiger partial charge in [-0.3, -0.25) is 4.79 Å². The first kappa shape index (κ1) is 12.4. The smallest absolute Gasteiger partial charge is 0.226 e. The highest BCUT2D eigenvalue weighted by Gasteiger charge is 2.60. The number of hydrogen-bond donors (Lipinski definition) is 1. The van der Waals surface area contributed by atoms with Crippen molar-refractivity contribution in [1.29, 1.82) is 0 Å². The molecule has 0 heterocycles. The van der Waals surface area contributed by atoms with E-state index in [1.165, 1.54) is 24.8 Å². The Kier molecular flexibility index (Phi) is 2.55. The van der Waals surface area contributed by atoms with Gasteiger partial charge >= 0.3 is 0 Å². The van der Waals surface area contributed by atoms with Crippen LogP contribution in [0.2, 0.25) is 0 Å². The average Bonchev–Trinajstić information content (AvgIpc) is 2.46. The van der Waals surface area contributed by atoms with Crippen LogP contribution in [0.25, 0.3) is 0 Å². The van der Waals surface area contributed by atoms with Gasteiger partial charge in [-0.25, -0.2) is 0 Å². The van der Waals surface area contributed by atoms with Crippen molar-refractivity contribution in [1.82, 2.24) is 5.32 Å². The number of amides is 1. The van der Waals surface area contributed by atoms with E-state index in [2.05, 4.69) is 35.6 Å². The highest BCUT2D eigenvalue weighted by atomic mass is 16.2. The highest BCUT2D eigenvalue weighted by molar-refractivity contribution is 5.83. The molecule has 4 atom stereocenters. The molecule has 20 heavy (non-hydrogen) atoms. The molecule has 0 saturated heterocycles. The number of benzene rings is 1. The minimum Gasteiger partial charge on any atom is -0.359 e. The predicted molar refractivity (Wildman–Crippen MR) is 79.3 cm³/mol. The third-order valence-corrected chi connectivity index (χ3v) is 6.16. The molecule has 0 radical (unpaired) electrons. The third-order valence-electron chi connectivity index (χ3n) is 6.16. The number of rotatable bonds is 2. The molecule has 4 aliphatic carbocycles.